The monoisotopic (exact) mass is 270 g/mol. The van der Waals surface area contributed by atoms with Crippen molar-refractivity contribution in [3.63, 3.8) is 0 Å². The van der Waals surface area contributed by atoms with E-state index in [1.807, 2.05) is 13.8 Å². The lowest BCUT2D eigenvalue weighted by molar-refractivity contribution is 0.436. The maximum Gasteiger partial charge on any atom is 0.225 e. The first kappa shape index (κ1) is 13.5. The van der Waals surface area contributed by atoms with E-state index in [-0.39, 0.29) is 23.1 Å². The zero-order valence-corrected chi connectivity index (χ0v) is 10.5. The van der Waals surface area contributed by atoms with E-state index >= 15 is 0 Å². The SMILES string of the molecule is CC(C)Cc1c(-c2cc(F)c(F)c(F)c2)noc1N. The Hall–Kier alpha value is -1.98. The van der Waals surface area contributed by atoms with Crippen molar-refractivity contribution in [1.29, 1.82) is 0 Å². The van der Waals surface area contributed by atoms with Crippen LogP contribution < -0.4 is 5.73 Å². The first-order chi connectivity index (χ1) is 8.90. The predicted octanol–water partition coefficient (Wildman–Crippen LogP) is 3.54. The van der Waals surface area contributed by atoms with E-state index in [1.165, 1.54) is 0 Å². The zero-order chi connectivity index (χ0) is 14.2. The Morgan fingerprint density at radius 2 is 1.79 bits per heavy atom. The Labute approximate surface area is 108 Å². The number of hydrogen-bond acceptors (Lipinski definition) is 3. The summed E-state index contributed by atoms with van der Waals surface area (Å²) in [7, 11) is 0. The zero-order valence-electron chi connectivity index (χ0n) is 10.5. The third-order valence-corrected chi connectivity index (χ3v) is 2.69. The smallest absolute Gasteiger partial charge is 0.225 e. The maximum atomic E-state index is 13.2. The molecular weight excluding hydrogens is 257 g/mol. The van der Waals surface area contributed by atoms with Crippen LogP contribution in [0.4, 0.5) is 19.1 Å². The van der Waals surface area contributed by atoms with Crippen LogP contribution in [0, 0.1) is 23.4 Å². The van der Waals surface area contributed by atoms with Crippen LogP contribution in [0.3, 0.4) is 0 Å². The van der Waals surface area contributed by atoms with Crippen molar-refractivity contribution in [3.8, 4) is 11.3 Å². The van der Waals surface area contributed by atoms with E-state index in [9.17, 15) is 13.2 Å². The van der Waals surface area contributed by atoms with E-state index in [1.54, 1.807) is 0 Å². The van der Waals surface area contributed by atoms with Crippen molar-refractivity contribution in [2.24, 2.45) is 5.92 Å². The summed E-state index contributed by atoms with van der Waals surface area (Å²) in [6.07, 6.45) is 0.547. The predicted molar refractivity (Wildman–Crippen MR) is 64.8 cm³/mol. The van der Waals surface area contributed by atoms with Gasteiger partial charge in [-0.25, -0.2) is 13.2 Å². The first-order valence-electron chi connectivity index (χ1n) is 5.79. The van der Waals surface area contributed by atoms with Gasteiger partial charge >= 0.3 is 0 Å². The quantitative estimate of drug-likeness (QED) is 0.868. The van der Waals surface area contributed by atoms with Crippen LogP contribution in [-0.2, 0) is 6.42 Å². The van der Waals surface area contributed by atoms with Gasteiger partial charge in [-0.15, -0.1) is 0 Å². The molecule has 6 heteroatoms. The Morgan fingerprint density at radius 1 is 1.21 bits per heavy atom. The van der Waals surface area contributed by atoms with E-state index in [0.717, 1.165) is 12.1 Å². The molecule has 1 heterocycles. The van der Waals surface area contributed by atoms with Gasteiger partial charge in [0.1, 0.15) is 5.69 Å². The van der Waals surface area contributed by atoms with Gasteiger partial charge in [0.25, 0.3) is 0 Å². The van der Waals surface area contributed by atoms with Gasteiger partial charge in [-0.05, 0) is 24.5 Å². The molecule has 0 saturated carbocycles. The van der Waals surface area contributed by atoms with Crippen LogP contribution in [0.1, 0.15) is 19.4 Å². The first-order valence-corrected chi connectivity index (χ1v) is 5.79. The third-order valence-electron chi connectivity index (χ3n) is 2.69. The molecule has 0 radical (unpaired) electrons. The normalized spacial score (nSPS) is 11.3. The van der Waals surface area contributed by atoms with Crippen molar-refractivity contribution in [1.82, 2.24) is 5.16 Å². The van der Waals surface area contributed by atoms with Gasteiger partial charge in [0, 0.05) is 11.1 Å². The molecule has 0 amide bonds. The number of halogens is 3. The summed E-state index contributed by atoms with van der Waals surface area (Å²) in [5.74, 6) is -3.69. The maximum absolute atomic E-state index is 13.2. The minimum absolute atomic E-state index is 0.104. The van der Waals surface area contributed by atoms with Gasteiger partial charge in [-0.1, -0.05) is 19.0 Å². The standard InChI is InChI=1S/C13H13F3N2O/c1-6(2)3-8-12(18-19-13(8)17)7-4-9(14)11(16)10(15)5-7/h4-6H,3,17H2,1-2H3. The molecule has 3 nitrogen and oxygen atoms in total. The molecule has 1 aromatic heterocycles. The molecule has 2 N–H and O–H groups in total. The van der Waals surface area contributed by atoms with E-state index in [4.69, 9.17) is 10.3 Å². The van der Waals surface area contributed by atoms with Crippen LogP contribution in [0.5, 0.6) is 0 Å². The lowest BCUT2D eigenvalue weighted by Crippen LogP contribution is -1.99. The van der Waals surface area contributed by atoms with Gasteiger partial charge in [-0.3, -0.25) is 0 Å². The van der Waals surface area contributed by atoms with Gasteiger partial charge in [0.2, 0.25) is 5.88 Å². The lowest BCUT2D eigenvalue weighted by atomic mass is 9.99. The number of hydrogen-bond donors (Lipinski definition) is 1. The van der Waals surface area contributed by atoms with Crippen molar-refractivity contribution < 1.29 is 17.7 Å². The molecule has 0 saturated heterocycles. The fourth-order valence-electron chi connectivity index (χ4n) is 1.85. The van der Waals surface area contributed by atoms with Crippen molar-refractivity contribution >= 4 is 5.88 Å². The molecule has 2 rings (SSSR count). The summed E-state index contributed by atoms with van der Waals surface area (Å²) < 4.78 is 44.2. The topological polar surface area (TPSA) is 52.0 Å². The number of nitrogens with zero attached hydrogens (tertiary/aromatic N) is 1. The van der Waals surface area contributed by atoms with Crippen molar-refractivity contribution in [2.75, 3.05) is 5.73 Å². The van der Waals surface area contributed by atoms with Crippen molar-refractivity contribution in [2.45, 2.75) is 20.3 Å². The number of benzene rings is 1. The highest BCUT2D eigenvalue weighted by atomic mass is 19.2. The highest BCUT2D eigenvalue weighted by molar-refractivity contribution is 5.67. The molecule has 0 spiro atoms. The minimum Gasteiger partial charge on any atom is -0.367 e. The average Bonchev–Trinajstić information content (AvgIpc) is 2.67. The Kier molecular flexibility index (Phi) is 3.50. The van der Waals surface area contributed by atoms with Gasteiger partial charge in [0.15, 0.2) is 17.5 Å². The molecule has 0 bridgehead atoms. The molecule has 0 unspecified atom stereocenters. The molecule has 1 aromatic carbocycles. The van der Waals surface area contributed by atoms with Gasteiger partial charge < -0.3 is 10.3 Å². The number of nitrogen functional groups attached to an aromatic ring is 1. The largest absolute Gasteiger partial charge is 0.367 e. The summed E-state index contributed by atoms with van der Waals surface area (Å²) in [5.41, 5.74) is 6.56. The number of anilines is 1. The Morgan fingerprint density at radius 3 is 2.32 bits per heavy atom. The van der Waals surface area contributed by atoms with E-state index in [0.29, 0.717) is 12.0 Å². The van der Waals surface area contributed by atoms with Crippen LogP contribution >= 0.6 is 0 Å². The summed E-state index contributed by atoms with van der Waals surface area (Å²) in [6, 6.07) is 1.75. The number of rotatable bonds is 3. The van der Waals surface area contributed by atoms with E-state index < -0.39 is 17.5 Å². The average molecular weight is 270 g/mol. The molecule has 19 heavy (non-hydrogen) atoms. The molecule has 0 aliphatic heterocycles. The summed E-state index contributed by atoms with van der Waals surface area (Å²) >= 11 is 0. The Bertz CT molecular complexity index is 585. The Balaban J connectivity index is 2.53. The highest BCUT2D eigenvalue weighted by Crippen LogP contribution is 2.30. The molecular formula is C13H13F3N2O. The summed E-state index contributed by atoms with van der Waals surface area (Å²) in [6.45, 7) is 3.92. The lowest BCUT2D eigenvalue weighted by Gasteiger charge is -2.06. The third kappa shape index (κ3) is 2.57. The van der Waals surface area contributed by atoms with Crippen molar-refractivity contribution in [3.05, 3.63) is 35.1 Å². The molecule has 0 aliphatic rings. The number of aromatic nitrogens is 1. The summed E-state index contributed by atoms with van der Waals surface area (Å²) in [4.78, 5) is 0. The van der Waals surface area contributed by atoms with Gasteiger partial charge in [-0.2, -0.15) is 0 Å². The molecule has 0 aliphatic carbocycles. The minimum atomic E-state index is -1.51. The van der Waals surface area contributed by atoms with Gasteiger partial charge in [0.05, 0.1) is 0 Å². The van der Waals surface area contributed by atoms with Crippen LogP contribution in [-0.4, -0.2) is 5.16 Å². The van der Waals surface area contributed by atoms with Crippen LogP contribution in [0.2, 0.25) is 0 Å². The van der Waals surface area contributed by atoms with Crippen LogP contribution in [0.15, 0.2) is 16.7 Å². The number of nitrogens with two attached hydrogens (primary N) is 1. The molecule has 0 fully saturated rings. The molecule has 102 valence electrons. The fourth-order valence-corrected chi connectivity index (χ4v) is 1.85. The molecule has 0 atom stereocenters. The van der Waals surface area contributed by atoms with E-state index in [2.05, 4.69) is 5.16 Å². The second-order valence-corrected chi connectivity index (χ2v) is 4.73. The second-order valence-electron chi connectivity index (χ2n) is 4.73. The second kappa shape index (κ2) is 4.95. The van der Waals surface area contributed by atoms with Crippen LogP contribution in [0.25, 0.3) is 11.3 Å². The highest BCUT2D eigenvalue weighted by Gasteiger charge is 2.19. The molecule has 2 aromatic rings. The summed E-state index contributed by atoms with van der Waals surface area (Å²) in [5, 5.41) is 3.70. The fraction of sp³-hybridized carbons (Fsp3) is 0.308.